The van der Waals surface area contributed by atoms with Crippen molar-refractivity contribution >= 4 is 27.5 Å². The number of hydrogen-bond acceptors (Lipinski definition) is 6. The molecule has 41 heavy (non-hydrogen) atoms. The second-order valence-electron chi connectivity index (χ2n) is 9.72. The minimum Gasteiger partial charge on any atom is -0.497 e. The van der Waals surface area contributed by atoms with E-state index in [9.17, 15) is 18.0 Å². The first-order valence-corrected chi connectivity index (χ1v) is 15.0. The molecule has 0 radical (unpaired) electrons. The van der Waals surface area contributed by atoms with E-state index in [2.05, 4.69) is 5.32 Å². The molecule has 1 unspecified atom stereocenters. The fourth-order valence-electron chi connectivity index (χ4n) is 4.20. The predicted octanol–water partition coefficient (Wildman–Crippen LogP) is 4.54. The van der Waals surface area contributed by atoms with Crippen LogP contribution in [-0.4, -0.2) is 58.5 Å². The monoisotopic (exact) mass is 581 g/mol. The third kappa shape index (κ3) is 8.23. The SMILES string of the molecule is CCCCNC(=O)C(C)N(Cc1cccc(OC)c1)C(=O)CN(c1ccc(C)cc1)S(=O)(=O)c1ccc(OC)cc1. The molecule has 1 N–H and O–H groups in total. The topological polar surface area (TPSA) is 105 Å². The Balaban J connectivity index is 2.00. The molecule has 1 atom stereocenters. The van der Waals surface area contributed by atoms with Crippen LogP contribution in [0.25, 0.3) is 0 Å². The zero-order chi connectivity index (χ0) is 30.0. The fraction of sp³-hybridized carbons (Fsp3) is 0.355. The minimum atomic E-state index is -4.16. The highest BCUT2D eigenvalue weighted by atomic mass is 32.2. The Morgan fingerprint density at radius 3 is 2.20 bits per heavy atom. The van der Waals surface area contributed by atoms with Gasteiger partial charge in [-0.1, -0.05) is 43.2 Å². The van der Waals surface area contributed by atoms with Crippen molar-refractivity contribution in [3.05, 3.63) is 83.9 Å². The highest BCUT2D eigenvalue weighted by Crippen LogP contribution is 2.26. The Morgan fingerprint density at radius 1 is 0.927 bits per heavy atom. The molecule has 0 aromatic heterocycles. The minimum absolute atomic E-state index is 0.0105. The van der Waals surface area contributed by atoms with Gasteiger partial charge in [-0.2, -0.15) is 0 Å². The summed E-state index contributed by atoms with van der Waals surface area (Å²) in [6.07, 6.45) is 1.72. The van der Waals surface area contributed by atoms with Crippen molar-refractivity contribution in [2.75, 3.05) is 31.6 Å². The maximum Gasteiger partial charge on any atom is 0.264 e. The van der Waals surface area contributed by atoms with E-state index in [-0.39, 0.29) is 17.3 Å². The van der Waals surface area contributed by atoms with Crippen molar-refractivity contribution in [2.45, 2.75) is 51.1 Å². The zero-order valence-corrected chi connectivity index (χ0v) is 25.1. The van der Waals surface area contributed by atoms with Crippen LogP contribution in [0.15, 0.2) is 77.7 Å². The van der Waals surface area contributed by atoms with Gasteiger partial charge in [0.25, 0.3) is 10.0 Å². The van der Waals surface area contributed by atoms with E-state index in [4.69, 9.17) is 9.47 Å². The van der Waals surface area contributed by atoms with Gasteiger partial charge < -0.3 is 19.7 Å². The molecule has 3 aromatic carbocycles. The molecule has 0 spiro atoms. The Hall–Kier alpha value is -4.05. The molecule has 0 aliphatic carbocycles. The zero-order valence-electron chi connectivity index (χ0n) is 24.3. The van der Waals surface area contributed by atoms with Crippen molar-refractivity contribution in [1.29, 1.82) is 0 Å². The molecule has 0 aliphatic rings. The molecule has 9 nitrogen and oxygen atoms in total. The quantitative estimate of drug-likeness (QED) is 0.280. The van der Waals surface area contributed by atoms with Gasteiger partial charge in [0.15, 0.2) is 0 Å². The van der Waals surface area contributed by atoms with Gasteiger partial charge in [-0.15, -0.1) is 0 Å². The third-order valence-corrected chi connectivity index (χ3v) is 8.52. The van der Waals surface area contributed by atoms with E-state index in [1.807, 2.05) is 19.9 Å². The molecule has 0 fully saturated rings. The number of ether oxygens (including phenoxy) is 2. The molecular formula is C31H39N3O6S. The summed E-state index contributed by atoms with van der Waals surface area (Å²) in [5.74, 6) is 0.283. The van der Waals surface area contributed by atoms with Crippen LogP contribution in [0.2, 0.25) is 0 Å². The standard InChI is InChI=1S/C31H39N3O6S/c1-6-7-19-32-31(36)24(3)33(21-25-9-8-10-28(20-25)40-5)30(35)22-34(26-13-11-23(2)12-14-26)41(37,38)29-17-15-27(39-4)16-18-29/h8-18,20,24H,6-7,19,21-22H2,1-5H3,(H,32,36). The van der Waals surface area contributed by atoms with Gasteiger partial charge >= 0.3 is 0 Å². The average molecular weight is 582 g/mol. The molecule has 2 amide bonds. The Bertz CT molecular complexity index is 1410. The lowest BCUT2D eigenvalue weighted by Gasteiger charge is -2.32. The number of unbranched alkanes of at least 4 members (excludes halogenated alkanes) is 1. The van der Waals surface area contributed by atoms with Crippen LogP contribution in [0.5, 0.6) is 11.5 Å². The number of carbonyl (C=O) groups excluding carboxylic acids is 2. The molecule has 3 aromatic rings. The largest absolute Gasteiger partial charge is 0.497 e. The summed E-state index contributed by atoms with van der Waals surface area (Å²) in [5.41, 5.74) is 2.02. The van der Waals surface area contributed by atoms with Crippen LogP contribution >= 0.6 is 0 Å². The number of hydrogen-bond donors (Lipinski definition) is 1. The van der Waals surface area contributed by atoms with Crippen LogP contribution in [0.4, 0.5) is 5.69 Å². The van der Waals surface area contributed by atoms with Gasteiger partial charge in [-0.05, 0) is 74.4 Å². The molecule has 10 heteroatoms. The smallest absolute Gasteiger partial charge is 0.264 e. The summed E-state index contributed by atoms with van der Waals surface area (Å²) < 4.78 is 39.4. The number of rotatable bonds is 14. The lowest BCUT2D eigenvalue weighted by Crippen LogP contribution is -2.51. The fourth-order valence-corrected chi connectivity index (χ4v) is 5.62. The molecule has 0 heterocycles. The number of nitrogens with one attached hydrogen (secondary N) is 1. The van der Waals surface area contributed by atoms with E-state index in [1.165, 1.54) is 24.1 Å². The number of benzene rings is 3. The van der Waals surface area contributed by atoms with E-state index in [1.54, 1.807) is 68.6 Å². The Kier molecular flexibility index (Phi) is 11.2. The van der Waals surface area contributed by atoms with E-state index in [0.717, 1.165) is 28.3 Å². The number of anilines is 1. The average Bonchev–Trinajstić information content (AvgIpc) is 2.98. The summed E-state index contributed by atoms with van der Waals surface area (Å²) in [6, 6.07) is 19.2. The molecule has 3 rings (SSSR count). The highest BCUT2D eigenvalue weighted by Gasteiger charge is 2.32. The van der Waals surface area contributed by atoms with Crippen LogP contribution < -0.4 is 19.1 Å². The summed E-state index contributed by atoms with van der Waals surface area (Å²) in [4.78, 5) is 28.5. The van der Waals surface area contributed by atoms with Crippen molar-refractivity contribution in [3.8, 4) is 11.5 Å². The number of carbonyl (C=O) groups is 2. The number of aryl methyl sites for hydroxylation is 1. The second-order valence-corrected chi connectivity index (χ2v) is 11.6. The first kappa shape index (κ1) is 31.5. The third-order valence-electron chi connectivity index (χ3n) is 6.73. The highest BCUT2D eigenvalue weighted by molar-refractivity contribution is 7.92. The van der Waals surface area contributed by atoms with Gasteiger partial charge in [0.05, 0.1) is 24.8 Å². The van der Waals surface area contributed by atoms with Crippen molar-refractivity contribution in [3.63, 3.8) is 0 Å². The van der Waals surface area contributed by atoms with Crippen LogP contribution in [0.1, 0.15) is 37.8 Å². The van der Waals surface area contributed by atoms with Gasteiger partial charge in [-0.3, -0.25) is 13.9 Å². The first-order chi connectivity index (χ1) is 19.6. The van der Waals surface area contributed by atoms with E-state index in [0.29, 0.717) is 23.7 Å². The number of amides is 2. The number of nitrogens with zero attached hydrogens (tertiary/aromatic N) is 2. The number of sulfonamides is 1. The summed E-state index contributed by atoms with van der Waals surface area (Å²) >= 11 is 0. The van der Waals surface area contributed by atoms with Crippen molar-refractivity contribution in [2.24, 2.45) is 0 Å². The molecule has 0 saturated carbocycles. The molecule has 0 aliphatic heterocycles. The van der Waals surface area contributed by atoms with Crippen LogP contribution in [0.3, 0.4) is 0 Å². The second kappa shape index (κ2) is 14.5. The molecule has 0 bridgehead atoms. The van der Waals surface area contributed by atoms with E-state index >= 15 is 0 Å². The van der Waals surface area contributed by atoms with Gasteiger partial charge in [-0.25, -0.2) is 8.42 Å². The lowest BCUT2D eigenvalue weighted by molar-refractivity contribution is -0.139. The van der Waals surface area contributed by atoms with E-state index < -0.39 is 28.5 Å². The van der Waals surface area contributed by atoms with Gasteiger partial charge in [0.1, 0.15) is 24.1 Å². The predicted molar refractivity (Wildman–Crippen MR) is 160 cm³/mol. The lowest BCUT2D eigenvalue weighted by atomic mass is 10.1. The van der Waals surface area contributed by atoms with Crippen LogP contribution in [-0.2, 0) is 26.2 Å². The van der Waals surface area contributed by atoms with Gasteiger partial charge in [0.2, 0.25) is 11.8 Å². The van der Waals surface area contributed by atoms with Crippen molar-refractivity contribution < 1.29 is 27.5 Å². The Morgan fingerprint density at radius 2 is 1.59 bits per heavy atom. The maximum atomic E-state index is 14.0. The summed E-state index contributed by atoms with van der Waals surface area (Å²) in [5, 5.41) is 2.88. The Labute approximate surface area is 243 Å². The number of methoxy groups -OCH3 is 2. The molecule has 220 valence electrons. The molecule has 0 saturated heterocycles. The first-order valence-electron chi connectivity index (χ1n) is 13.5. The summed E-state index contributed by atoms with van der Waals surface area (Å²) in [7, 11) is -1.11. The maximum absolute atomic E-state index is 14.0. The van der Waals surface area contributed by atoms with Crippen molar-refractivity contribution in [1.82, 2.24) is 10.2 Å². The molecular weight excluding hydrogens is 542 g/mol. The normalized spacial score (nSPS) is 11.8. The summed E-state index contributed by atoms with van der Waals surface area (Å²) in [6.45, 7) is 5.63. The van der Waals surface area contributed by atoms with Gasteiger partial charge in [0, 0.05) is 13.1 Å². The van der Waals surface area contributed by atoms with Crippen LogP contribution in [0, 0.1) is 6.92 Å².